The standard InChI is InChI=1S/C13H20N4OS/c1-18-13(4-2-3-5-13)11(16-14)8-10-9-17-6-7-19-12(17)15-10/h6-7,9,11,16H,2-5,8,14H2,1H3. The van der Waals surface area contributed by atoms with Gasteiger partial charge in [0, 0.05) is 31.3 Å². The summed E-state index contributed by atoms with van der Waals surface area (Å²) >= 11 is 1.65. The molecular formula is C13H20N4OS. The number of hydrogen-bond acceptors (Lipinski definition) is 5. The van der Waals surface area contributed by atoms with Crippen LogP contribution in [0.4, 0.5) is 0 Å². The van der Waals surface area contributed by atoms with Crippen molar-refractivity contribution in [3.8, 4) is 0 Å². The van der Waals surface area contributed by atoms with Crippen LogP contribution < -0.4 is 11.3 Å². The molecule has 0 saturated heterocycles. The normalized spacial score (nSPS) is 20.1. The number of fused-ring (bicyclic) bond motifs is 1. The van der Waals surface area contributed by atoms with Crippen molar-refractivity contribution in [2.75, 3.05) is 7.11 Å². The van der Waals surface area contributed by atoms with Gasteiger partial charge < -0.3 is 4.74 Å². The molecule has 5 nitrogen and oxygen atoms in total. The second-order valence-electron chi connectivity index (χ2n) is 5.22. The van der Waals surface area contributed by atoms with Gasteiger partial charge in [-0.05, 0) is 12.8 Å². The maximum absolute atomic E-state index is 5.81. The Morgan fingerprint density at radius 3 is 3.00 bits per heavy atom. The van der Waals surface area contributed by atoms with E-state index >= 15 is 0 Å². The lowest BCUT2D eigenvalue weighted by Crippen LogP contribution is -2.54. The molecule has 1 aliphatic carbocycles. The highest BCUT2D eigenvalue weighted by atomic mass is 32.1. The molecule has 6 heteroatoms. The Kier molecular flexibility index (Phi) is 3.58. The Hall–Kier alpha value is -0.950. The maximum Gasteiger partial charge on any atom is 0.193 e. The first-order valence-electron chi connectivity index (χ1n) is 6.70. The molecule has 2 aromatic heterocycles. The first-order chi connectivity index (χ1) is 9.27. The van der Waals surface area contributed by atoms with Gasteiger partial charge in [-0.15, -0.1) is 11.3 Å². The summed E-state index contributed by atoms with van der Waals surface area (Å²) in [5.41, 5.74) is 3.88. The van der Waals surface area contributed by atoms with Gasteiger partial charge >= 0.3 is 0 Å². The Balaban J connectivity index is 1.80. The monoisotopic (exact) mass is 280 g/mol. The fourth-order valence-corrected chi connectivity index (χ4v) is 3.87. The number of methoxy groups -OCH3 is 1. The number of nitrogens with zero attached hydrogens (tertiary/aromatic N) is 2. The van der Waals surface area contributed by atoms with E-state index in [4.69, 9.17) is 10.6 Å². The van der Waals surface area contributed by atoms with Crippen LogP contribution >= 0.6 is 11.3 Å². The molecule has 1 saturated carbocycles. The summed E-state index contributed by atoms with van der Waals surface area (Å²) in [5, 5.41) is 2.04. The van der Waals surface area contributed by atoms with Crippen LogP contribution in [0.1, 0.15) is 31.4 Å². The van der Waals surface area contributed by atoms with Gasteiger partial charge in [0.15, 0.2) is 4.96 Å². The largest absolute Gasteiger partial charge is 0.377 e. The summed E-state index contributed by atoms with van der Waals surface area (Å²) in [7, 11) is 1.79. The van der Waals surface area contributed by atoms with Crippen molar-refractivity contribution < 1.29 is 4.74 Å². The Bertz CT molecular complexity index is 515. The van der Waals surface area contributed by atoms with Crippen molar-refractivity contribution in [2.24, 2.45) is 5.84 Å². The van der Waals surface area contributed by atoms with Gasteiger partial charge in [0.25, 0.3) is 0 Å². The fourth-order valence-electron chi connectivity index (χ4n) is 3.15. The topological polar surface area (TPSA) is 64.6 Å². The predicted octanol–water partition coefficient (Wildman–Crippen LogP) is 1.73. The number of hydrazine groups is 1. The summed E-state index contributed by atoms with van der Waals surface area (Å²) < 4.78 is 7.86. The molecule has 2 aromatic rings. The van der Waals surface area contributed by atoms with Gasteiger partial charge in [0.1, 0.15) is 0 Å². The summed E-state index contributed by atoms with van der Waals surface area (Å²) in [6.07, 6.45) is 9.48. The molecule has 0 amide bonds. The summed E-state index contributed by atoms with van der Waals surface area (Å²) in [4.78, 5) is 5.66. The van der Waals surface area contributed by atoms with Crippen LogP contribution in [-0.2, 0) is 11.2 Å². The zero-order valence-corrected chi connectivity index (χ0v) is 11.9. The number of ether oxygens (including phenoxy) is 1. The Labute approximate surface area is 116 Å². The van der Waals surface area contributed by atoms with Crippen molar-refractivity contribution in [2.45, 2.75) is 43.7 Å². The molecular weight excluding hydrogens is 260 g/mol. The highest BCUT2D eigenvalue weighted by molar-refractivity contribution is 7.15. The second kappa shape index (κ2) is 5.20. The molecule has 1 fully saturated rings. The van der Waals surface area contributed by atoms with E-state index < -0.39 is 0 Å². The Morgan fingerprint density at radius 1 is 1.58 bits per heavy atom. The molecule has 1 aliphatic rings. The van der Waals surface area contributed by atoms with Crippen LogP contribution in [0.3, 0.4) is 0 Å². The smallest absolute Gasteiger partial charge is 0.193 e. The number of imidazole rings is 1. The van der Waals surface area contributed by atoms with Crippen LogP contribution in [0.25, 0.3) is 4.96 Å². The zero-order chi connectivity index (χ0) is 13.3. The average molecular weight is 280 g/mol. The molecule has 2 heterocycles. The molecule has 3 rings (SSSR count). The first-order valence-corrected chi connectivity index (χ1v) is 7.58. The molecule has 0 aliphatic heterocycles. The molecule has 0 bridgehead atoms. The minimum absolute atomic E-state index is 0.115. The summed E-state index contributed by atoms with van der Waals surface area (Å²) in [6.45, 7) is 0. The predicted molar refractivity (Wildman–Crippen MR) is 76.1 cm³/mol. The zero-order valence-electron chi connectivity index (χ0n) is 11.1. The molecule has 0 radical (unpaired) electrons. The van der Waals surface area contributed by atoms with Gasteiger partial charge in [0.05, 0.1) is 17.3 Å². The van der Waals surface area contributed by atoms with E-state index in [1.54, 1.807) is 18.4 Å². The number of thiazole rings is 1. The molecule has 0 aromatic carbocycles. The van der Waals surface area contributed by atoms with Crippen molar-refractivity contribution >= 4 is 16.3 Å². The minimum Gasteiger partial charge on any atom is -0.377 e. The molecule has 1 unspecified atom stereocenters. The van der Waals surface area contributed by atoms with Gasteiger partial charge in [-0.1, -0.05) is 12.8 Å². The summed E-state index contributed by atoms with van der Waals surface area (Å²) in [5.74, 6) is 5.77. The van der Waals surface area contributed by atoms with Crippen LogP contribution in [0.5, 0.6) is 0 Å². The van der Waals surface area contributed by atoms with Crippen LogP contribution in [0.15, 0.2) is 17.8 Å². The molecule has 0 spiro atoms. The van der Waals surface area contributed by atoms with Crippen LogP contribution in [0.2, 0.25) is 0 Å². The van der Waals surface area contributed by atoms with Crippen molar-refractivity contribution in [3.63, 3.8) is 0 Å². The first kappa shape index (κ1) is 13.1. The van der Waals surface area contributed by atoms with Gasteiger partial charge in [-0.25, -0.2) is 4.98 Å². The van der Waals surface area contributed by atoms with Crippen molar-refractivity contribution in [3.05, 3.63) is 23.5 Å². The second-order valence-corrected chi connectivity index (χ2v) is 6.10. The number of rotatable bonds is 5. The Morgan fingerprint density at radius 2 is 2.37 bits per heavy atom. The lowest BCUT2D eigenvalue weighted by molar-refractivity contribution is -0.0357. The van der Waals surface area contributed by atoms with Gasteiger partial charge in [-0.3, -0.25) is 15.7 Å². The third-order valence-electron chi connectivity index (χ3n) is 4.25. The fraction of sp³-hybridized carbons (Fsp3) is 0.615. The van der Waals surface area contributed by atoms with E-state index in [9.17, 15) is 0 Å². The molecule has 3 N–H and O–H groups in total. The lowest BCUT2D eigenvalue weighted by Gasteiger charge is -2.35. The van der Waals surface area contributed by atoms with E-state index in [2.05, 4.69) is 21.0 Å². The number of hydrogen-bond donors (Lipinski definition) is 2. The molecule has 104 valence electrons. The number of aromatic nitrogens is 2. The average Bonchev–Trinajstić information content (AvgIpc) is 3.11. The quantitative estimate of drug-likeness (QED) is 0.646. The molecule has 19 heavy (non-hydrogen) atoms. The number of nitrogens with two attached hydrogens (primary N) is 1. The van der Waals surface area contributed by atoms with E-state index in [1.807, 2.05) is 11.6 Å². The van der Waals surface area contributed by atoms with E-state index in [0.717, 1.165) is 29.9 Å². The van der Waals surface area contributed by atoms with Gasteiger partial charge in [-0.2, -0.15) is 0 Å². The highest BCUT2D eigenvalue weighted by Crippen LogP contribution is 2.36. The maximum atomic E-state index is 5.81. The molecule has 1 atom stereocenters. The van der Waals surface area contributed by atoms with Crippen LogP contribution in [0, 0.1) is 0 Å². The van der Waals surface area contributed by atoms with Gasteiger partial charge in [0.2, 0.25) is 0 Å². The van der Waals surface area contributed by atoms with E-state index in [-0.39, 0.29) is 11.6 Å². The van der Waals surface area contributed by atoms with E-state index in [0.29, 0.717) is 0 Å². The third-order valence-corrected chi connectivity index (χ3v) is 5.02. The summed E-state index contributed by atoms with van der Waals surface area (Å²) in [6, 6.07) is 0.115. The third kappa shape index (κ3) is 2.29. The lowest BCUT2D eigenvalue weighted by atomic mass is 9.89. The van der Waals surface area contributed by atoms with Crippen LogP contribution in [-0.4, -0.2) is 28.1 Å². The SMILES string of the molecule is COC1(C(Cc2cn3ccsc3n2)NN)CCCC1. The number of nitrogens with one attached hydrogen (secondary N) is 1. The highest BCUT2D eigenvalue weighted by Gasteiger charge is 2.41. The minimum atomic E-state index is -0.133. The van der Waals surface area contributed by atoms with Crippen molar-refractivity contribution in [1.82, 2.24) is 14.8 Å². The van der Waals surface area contributed by atoms with E-state index in [1.165, 1.54) is 12.8 Å². The van der Waals surface area contributed by atoms with Crippen molar-refractivity contribution in [1.29, 1.82) is 0 Å².